The minimum absolute atomic E-state index is 0.0294. The van der Waals surface area contributed by atoms with E-state index in [9.17, 15) is 35.4 Å². The predicted octanol–water partition coefficient (Wildman–Crippen LogP) is -5.55. The van der Waals surface area contributed by atoms with Gasteiger partial charge in [-0.2, -0.15) is 0 Å². The van der Waals surface area contributed by atoms with Gasteiger partial charge in [0, 0.05) is 0 Å². The van der Waals surface area contributed by atoms with Gasteiger partial charge in [0.25, 0.3) is 0 Å². The Labute approximate surface area is 130 Å². The molecule has 0 aromatic carbocycles. The Bertz CT molecular complexity index is 365. The number of aldehydes is 1. The van der Waals surface area contributed by atoms with Crippen molar-refractivity contribution in [3.8, 4) is 0 Å². The summed E-state index contributed by atoms with van der Waals surface area (Å²) in [4.78, 5) is 10.5. The largest absolute Gasteiger partial charge is 0.394 e. The summed E-state index contributed by atoms with van der Waals surface area (Å²) in [6, 6.07) is 0. The second-order valence-electron chi connectivity index (χ2n) is 5.17. The Morgan fingerprint density at radius 3 is 2.13 bits per heavy atom. The predicted molar refractivity (Wildman–Crippen MR) is 69.8 cm³/mol. The quantitative estimate of drug-likeness (QED) is 0.196. The molecule has 0 saturated carbocycles. The molecule has 0 radical (unpaired) electrons. The third-order valence-electron chi connectivity index (χ3n) is 3.53. The van der Waals surface area contributed by atoms with Gasteiger partial charge >= 0.3 is 0 Å². The molecule has 0 aromatic rings. The Morgan fingerprint density at radius 2 is 1.65 bits per heavy atom. The number of hydrogen-bond donors (Lipinski definition) is 8. The van der Waals surface area contributed by atoms with Crippen LogP contribution in [0.1, 0.15) is 0 Å². The lowest BCUT2D eigenvalue weighted by Gasteiger charge is -2.42. The molecule has 0 aromatic heterocycles. The van der Waals surface area contributed by atoms with Gasteiger partial charge in [0.2, 0.25) is 0 Å². The zero-order chi connectivity index (χ0) is 17.7. The molecule has 1 fully saturated rings. The van der Waals surface area contributed by atoms with Crippen molar-refractivity contribution < 1.29 is 55.1 Å². The lowest BCUT2D eigenvalue weighted by molar-refractivity contribution is -0.326. The average molecular weight is 342 g/mol. The van der Waals surface area contributed by atoms with Crippen LogP contribution in [0.2, 0.25) is 0 Å². The van der Waals surface area contributed by atoms with Gasteiger partial charge in [0.05, 0.1) is 13.2 Å². The molecule has 1 aliphatic heterocycles. The molecule has 0 unspecified atom stereocenters. The van der Waals surface area contributed by atoms with Crippen LogP contribution in [-0.4, -0.2) is 115 Å². The van der Waals surface area contributed by atoms with Crippen LogP contribution in [-0.2, 0) is 14.3 Å². The summed E-state index contributed by atoms with van der Waals surface area (Å²) in [6.45, 7) is -1.64. The molecule has 1 aliphatic rings. The van der Waals surface area contributed by atoms with Crippen LogP contribution in [0, 0.1) is 0 Å². The maximum atomic E-state index is 10.5. The number of hydrogen-bond acceptors (Lipinski definition) is 11. The van der Waals surface area contributed by atoms with Crippen molar-refractivity contribution in [1.82, 2.24) is 0 Å². The highest BCUT2D eigenvalue weighted by atomic mass is 16.7. The van der Waals surface area contributed by atoms with Crippen LogP contribution in [0.15, 0.2) is 0 Å². The number of aliphatic hydroxyl groups excluding tert-OH is 8. The van der Waals surface area contributed by atoms with E-state index in [4.69, 9.17) is 19.7 Å². The van der Waals surface area contributed by atoms with Crippen molar-refractivity contribution in [1.29, 1.82) is 0 Å². The molecule has 9 atom stereocenters. The highest BCUT2D eigenvalue weighted by Gasteiger charge is 2.46. The van der Waals surface area contributed by atoms with E-state index in [1.807, 2.05) is 0 Å². The van der Waals surface area contributed by atoms with Crippen molar-refractivity contribution in [2.24, 2.45) is 0 Å². The van der Waals surface area contributed by atoms with Gasteiger partial charge in [0.1, 0.15) is 48.8 Å². The molecule has 1 rings (SSSR count). The minimum Gasteiger partial charge on any atom is -0.394 e. The zero-order valence-corrected chi connectivity index (χ0v) is 12.0. The van der Waals surface area contributed by atoms with Gasteiger partial charge in [-0.1, -0.05) is 0 Å². The molecule has 1 saturated heterocycles. The standard InChI is InChI=1S/C12H22O11/c13-1-4(16)7(18)11(5(17)2-14)23-12-10(21)9(20)8(19)6(3-15)22-12/h1,4-12,14-21H,2-3H2/t4-,5+,6+,7+,8+,9-,10+,11-,12+/m0/s1. The maximum Gasteiger partial charge on any atom is 0.187 e. The maximum absolute atomic E-state index is 10.5. The number of ether oxygens (including phenoxy) is 2. The Balaban J connectivity index is 2.91. The zero-order valence-electron chi connectivity index (χ0n) is 12.0. The number of aliphatic hydroxyl groups is 8. The normalized spacial score (nSPS) is 37.0. The van der Waals surface area contributed by atoms with E-state index in [1.54, 1.807) is 0 Å². The molecule has 0 spiro atoms. The van der Waals surface area contributed by atoms with Gasteiger partial charge in [0.15, 0.2) is 12.6 Å². The van der Waals surface area contributed by atoms with Crippen molar-refractivity contribution in [2.75, 3.05) is 13.2 Å². The molecule has 0 bridgehead atoms. The SMILES string of the molecule is O=C[C@H](O)[C@@H](O)[C@@H](O[C@H]1O[C@H](CO)[C@@H](O)[C@H](O)[C@H]1O)[C@H](O)CO. The highest BCUT2D eigenvalue weighted by molar-refractivity contribution is 5.56. The fourth-order valence-corrected chi connectivity index (χ4v) is 2.11. The summed E-state index contributed by atoms with van der Waals surface area (Å²) in [5, 5.41) is 75.7. The van der Waals surface area contributed by atoms with Crippen molar-refractivity contribution >= 4 is 6.29 Å². The fourth-order valence-electron chi connectivity index (χ4n) is 2.11. The van der Waals surface area contributed by atoms with Gasteiger partial charge in [-0.3, -0.25) is 0 Å². The molecule has 11 heteroatoms. The summed E-state index contributed by atoms with van der Waals surface area (Å²) in [5.74, 6) is 0. The number of rotatable bonds is 8. The summed E-state index contributed by atoms with van der Waals surface area (Å²) < 4.78 is 10.1. The van der Waals surface area contributed by atoms with E-state index >= 15 is 0 Å². The second-order valence-corrected chi connectivity index (χ2v) is 5.17. The molecule has 23 heavy (non-hydrogen) atoms. The topological polar surface area (TPSA) is 197 Å². The monoisotopic (exact) mass is 342 g/mol. The lowest BCUT2D eigenvalue weighted by Crippen LogP contribution is -2.61. The van der Waals surface area contributed by atoms with Gasteiger partial charge in [-0.05, 0) is 0 Å². The van der Waals surface area contributed by atoms with Crippen molar-refractivity contribution in [3.05, 3.63) is 0 Å². The van der Waals surface area contributed by atoms with Crippen LogP contribution < -0.4 is 0 Å². The van der Waals surface area contributed by atoms with E-state index in [0.29, 0.717) is 0 Å². The molecule has 8 N–H and O–H groups in total. The first-order chi connectivity index (χ1) is 10.8. The summed E-state index contributed by atoms with van der Waals surface area (Å²) >= 11 is 0. The Kier molecular flexibility index (Phi) is 7.89. The third-order valence-corrected chi connectivity index (χ3v) is 3.53. The van der Waals surface area contributed by atoms with Crippen LogP contribution >= 0.6 is 0 Å². The fraction of sp³-hybridized carbons (Fsp3) is 0.917. The van der Waals surface area contributed by atoms with Crippen LogP contribution in [0.4, 0.5) is 0 Å². The van der Waals surface area contributed by atoms with E-state index in [2.05, 4.69) is 0 Å². The Morgan fingerprint density at radius 1 is 1.04 bits per heavy atom. The minimum atomic E-state index is -1.97. The first-order valence-corrected chi connectivity index (χ1v) is 6.84. The second kappa shape index (κ2) is 8.94. The summed E-state index contributed by atoms with van der Waals surface area (Å²) in [5.41, 5.74) is 0. The van der Waals surface area contributed by atoms with Crippen molar-refractivity contribution in [3.63, 3.8) is 0 Å². The molecule has 136 valence electrons. The van der Waals surface area contributed by atoms with Gasteiger partial charge in [-0.15, -0.1) is 0 Å². The average Bonchev–Trinajstić information content (AvgIpc) is 2.57. The van der Waals surface area contributed by atoms with Crippen LogP contribution in [0.5, 0.6) is 0 Å². The van der Waals surface area contributed by atoms with Gasteiger partial charge in [-0.25, -0.2) is 0 Å². The molecule has 11 nitrogen and oxygen atoms in total. The number of carbonyl (C=O) groups excluding carboxylic acids is 1. The van der Waals surface area contributed by atoms with E-state index in [-0.39, 0.29) is 6.29 Å². The van der Waals surface area contributed by atoms with Crippen LogP contribution in [0.3, 0.4) is 0 Å². The first-order valence-electron chi connectivity index (χ1n) is 6.84. The smallest absolute Gasteiger partial charge is 0.187 e. The van der Waals surface area contributed by atoms with E-state index < -0.39 is 68.3 Å². The molecule has 1 heterocycles. The molecule has 0 amide bonds. The molecule has 0 aliphatic carbocycles. The molecular weight excluding hydrogens is 320 g/mol. The van der Waals surface area contributed by atoms with E-state index in [0.717, 1.165) is 0 Å². The summed E-state index contributed by atoms with van der Waals surface area (Å²) in [7, 11) is 0. The van der Waals surface area contributed by atoms with Gasteiger partial charge < -0.3 is 55.1 Å². The lowest BCUT2D eigenvalue weighted by atomic mass is 9.98. The highest BCUT2D eigenvalue weighted by Crippen LogP contribution is 2.24. The molecular formula is C12H22O11. The summed E-state index contributed by atoms with van der Waals surface area (Å²) in [6.07, 6.45) is -15.7. The third kappa shape index (κ3) is 4.64. The van der Waals surface area contributed by atoms with Crippen molar-refractivity contribution in [2.45, 2.75) is 55.1 Å². The van der Waals surface area contributed by atoms with Crippen LogP contribution in [0.25, 0.3) is 0 Å². The van der Waals surface area contributed by atoms with E-state index in [1.165, 1.54) is 0 Å². The Hall–Kier alpha value is -0.730. The number of carbonyl (C=O) groups is 1. The first kappa shape index (κ1) is 20.3.